The summed E-state index contributed by atoms with van der Waals surface area (Å²) in [6.07, 6.45) is 9.76. The van der Waals surface area contributed by atoms with Crippen LogP contribution in [-0.4, -0.2) is 109 Å². The average molecular weight is 807 g/mol. The zero-order valence-corrected chi connectivity index (χ0v) is 34.3. The van der Waals surface area contributed by atoms with Crippen LogP contribution in [0.5, 0.6) is 0 Å². The second kappa shape index (κ2) is 17.0. The summed E-state index contributed by atoms with van der Waals surface area (Å²) in [5, 5.41) is 35.0. The summed E-state index contributed by atoms with van der Waals surface area (Å²) in [4.78, 5) is 42.5. The number of likely N-dealkylation sites (tertiary alicyclic amines) is 2. The average Bonchev–Trinajstić information content (AvgIpc) is 4.09. The van der Waals surface area contributed by atoms with Crippen LogP contribution < -0.4 is 0 Å². The molecule has 1 N–H and O–H groups in total. The van der Waals surface area contributed by atoms with Crippen LogP contribution in [-0.2, 0) is 15.9 Å². The van der Waals surface area contributed by atoms with Gasteiger partial charge in [-0.1, -0.05) is 34.6 Å². The highest BCUT2D eigenvalue weighted by Crippen LogP contribution is 2.33. The zero-order valence-electron chi connectivity index (χ0n) is 34.3. The number of piperidine rings is 2. The number of amides is 2. The number of benzene rings is 2. The third-order valence-electron chi connectivity index (χ3n) is 11.0. The fourth-order valence-electron chi connectivity index (χ4n) is 7.23. The van der Waals surface area contributed by atoms with Gasteiger partial charge in [0.2, 0.25) is 0 Å². The molecular weight excluding hydrogens is 757 g/mol. The van der Waals surface area contributed by atoms with Gasteiger partial charge in [0, 0.05) is 44.1 Å². The molecule has 0 radical (unpaired) electrons. The molecule has 310 valence electrons. The number of carbonyl (C=O) groups excluding carboxylic acids is 2. The minimum atomic E-state index is -1.20. The van der Waals surface area contributed by atoms with Gasteiger partial charge in [0.25, 0.3) is 23.6 Å². The van der Waals surface area contributed by atoms with E-state index in [1.807, 2.05) is 73.0 Å². The van der Waals surface area contributed by atoms with Gasteiger partial charge in [-0.15, -0.1) is 0 Å². The minimum Gasteiger partial charge on any atom is -0.381 e. The lowest BCUT2D eigenvalue weighted by Crippen LogP contribution is -2.45. The first-order valence-electron chi connectivity index (χ1n) is 19.7. The molecule has 2 aliphatic rings. The number of para-hydroxylation sites is 2. The van der Waals surface area contributed by atoms with Crippen LogP contribution in [0.4, 0.5) is 0 Å². The highest BCUT2D eigenvalue weighted by atomic mass is 16.5. The fraction of sp³-hybridized carbons (Fsp3) is 0.463. The summed E-state index contributed by atoms with van der Waals surface area (Å²) in [7, 11) is 1.61. The van der Waals surface area contributed by atoms with E-state index in [0.717, 1.165) is 25.7 Å². The molecule has 0 spiro atoms. The number of methoxy groups -OCH3 is 1. The Balaban J connectivity index is 0.000000179. The van der Waals surface area contributed by atoms with Gasteiger partial charge in [-0.3, -0.25) is 9.59 Å². The number of ether oxygens (including phenoxy) is 1. The Bertz CT molecular complexity index is 2330. The molecule has 6 aromatic rings. The highest BCUT2D eigenvalue weighted by molar-refractivity contribution is 5.98. The molecule has 2 aromatic carbocycles. The van der Waals surface area contributed by atoms with Crippen LogP contribution in [0.25, 0.3) is 11.4 Å². The van der Waals surface area contributed by atoms with Crippen molar-refractivity contribution in [1.82, 2.24) is 60.1 Å². The van der Waals surface area contributed by atoms with E-state index in [2.05, 4.69) is 47.6 Å². The summed E-state index contributed by atoms with van der Waals surface area (Å²) in [6.45, 7) is 12.1. The van der Waals surface area contributed by atoms with Crippen molar-refractivity contribution in [2.24, 2.45) is 0 Å². The van der Waals surface area contributed by atoms with Gasteiger partial charge in [-0.05, 0) is 91.5 Å². The highest BCUT2D eigenvalue weighted by Gasteiger charge is 2.37. The first-order chi connectivity index (χ1) is 28.2. The summed E-state index contributed by atoms with van der Waals surface area (Å²) >= 11 is 0. The molecule has 0 aliphatic carbocycles. The monoisotopic (exact) mass is 806 g/mol. The standard InChI is InChI=1S/C21H26N6O3.C20H24N6O3/c1-14-9-10-15(18-24-20(30-25-18)21(2,3)29-4)13-26(14)19(28)16-7-5-6-8-17(16)27-22-11-12-23-27;1-13-8-9-14(17-23-19(29-24-17)20(2,3)28)12-25(13)18(27)15-6-4-5-7-16(15)26-21-10-11-22-26/h5-8,11-12,14-15H,9-10,13H2,1-4H3;4-7,10-11,13-14,28H,8-9,12H2,1-3H3/t14-,15-;13-,14-/m11/s1. The Morgan fingerprint density at radius 3 is 1.47 bits per heavy atom. The van der Waals surface area contributed by atoms with Crippen molar-refractivity contribution < 1.29 is 28.5 Å². The Morgan fingerprint density at radius 1 is 0.661 bits per heavy atom. The van der Waals surface area contributed by atoms with E-state index in [0.29, 0.717) is 53.1 Å². The van der Waals surface area contributed by atoms with Gasteiger partial charge in [-0.25, -0.2) is 0 Å². The van der Waals surface area contributed by atoms with E-state index < -0.39 is 11.2 Å². The Hall–Kier alpha value is -6.14. The van der Waals surface area contributed by atoms with Gasteiger partial charge >= 0.3 is 0 Å². The number of aromatic nitrogens is 10. The molecule has 4 atom stereocenters. The number of hydrogen-bond acceptors (Lipinski definition) is 14. The summed E-state index contributed by atoms with van der Waals surface area (Å²) < 4.78 is 16.1. The van der Waals surface area contributed by atoms with Crippen molar-refractivity contribution >= 4 is 11.8 Å². The first kappa shape index (κ1) is 41.0. The molecule has 18 heteroatoms. The molecule has 2 saturated heterocycles. The maximum absolute atomic E-state index is 13.5. The molecule has 2 amide bonds. The third kappa shape index (κ3) is 8.83. The van der Waals surface area contributed by atoms with Crippen molar-refractivity contribution in [2.45, 2.75) is 102 Å². The number of nitrogens with zero attached hydrogens (tertiary/aromatic N) is 12. The number of aliphatic hydroxyl groups is 1. The molecule has 0 bridgehead atoms. The SMILES string of the molecule is COC(C)(C)c1nc([C@@H]2CC[C@@H](C)N(C(=O)c3ccccc3-n3nccn3)C2)no1.C[C@@H]1CC[C@@H](c2noc(C(C)(C)O)n2)CN1C(=O)c1ccccc1-n1nccn1. The predicted molar refractivity (Wildman–Crippen MR) is 212 cm³/mol. The molecule has 2 aliphatic heterocycles. The smallest absolute Gasteiger partial charge is 0.258 e. The molecule has 8 rings (SSSR count). The van der Waals surface area contributed by atoms with Crippen molar-refractivity contribution in [3.8, 4) is 11.4 Å². The van der Waals surface area contributed by atoms with Gasteiger partial charge in [0.15, 0.2) is 11.6 Å². The predicted octanol–water partition coefficient (Wildman–Crippen LogP) is 5.23. The lowest BCUT2D eigenvalue weighted by atomic mass is 9.92. The van der Waals surface area contributed by atoms with E-state index in [4.69, 9.17) is 13.8 Å². The number of carbonyl (C=O) groups is 2. The zero-order chi connectivity index (χ0) is 41.9. The second-order valence-electron chi connectivity index (χ2n) is 16.0. The Morgan fingerprint density at radius 2 is 1.07 bits per heavy atom. The summed E-state index contributed by atoms with van der Waals surface area (Å²) in [5.41, 5.74) is 0.555. The molecule has 0 unspecified atom stereocenters. The van der Waals surface area contributed by atoms with Crippen LogP contribution in [0.1, 0.15) is 123 Å². The van der Waals surface area contributed by atoms with Crippen LogP contribution in [0.2, 0.25) is 0 Å². The molecule has 0 saturated carbocycles. The third-order valence-corrected chi connectivity index (χ3v) is 11.0. The van der Waals surface area contributed by atoms with Crippen molar-refractivity contribution in [3.63, 3.8) is 0 Å². The molecular formula is C41H50N12O6. The number of rotatable bonds is 9. The lowest BCUT2D eigenvalue weighted by molar-refractivity contribution is -0.00787. The van der Waals surface area contributed by atoms with Crippen molar-refractivity contribution in [2.75, 3.05) is 20.2 Å². The van der Waals surface area contributed by atoms with Crippen LogP contribution >= 0.6 is 0 Å². The fourth-order valence-corrected chi connectivity index (χ4v) is 7.23. The van der Waals surface area contributed by atoms with Crippen LogP contribution in [0.15, 0.2) is 82.4 Å². The van der Waals surface area contributed by atoms with E-state index >= 15 is 0 Å². The second-order valence-corrected chi connectivity index (χ2v) is 16.0. The summed E-state index contributed by atoms with van der Waals surface area (Å²) in [5.74, 6) is 1.57. The maximum atomic E-state index is 13.5. The summed E-state index contributed by atoms with van der Waals surface area (Å²) in [6, 6.07) is 14.9. The van der Waals surface area contributed by atoms with Crippen LogP contribution in [0.3, 0.4) is 0 Å². The molecule has 2 fully saturated rings. The van der Waals surface area contributed by atoms with Gasteiger partial charge in [0.05, 0.1) is 47.3 Å². The molecule has 59 heavy (non-hydrogen) atoms. The molecule has 6 heterocycles. The van der Waals surface area contributed by atoms with Crippen LogP contribution in [0, 0.1) is 0 Å². The Kier molecular flexibility index (Phi) is 11.8. The van der Waals surface area contributed by atoms with E-state index in [-0.39, 0.29) is 41.6 Å². The topological polar surface area (TPSA) is 209 Å². The van der Waals surface area contributed by atoms with Crippen molar-refractivity contribution in [3.05, 3.63) is 108 Å². The quantitative estimate of drug-likeness (QED) is 0.199. The van der Waals surface area contributed by atoms with Gasteiger partial charge in [-0.2, -0.15) is 40.0 Å². The van der Waals surface area contributed by atoms with Gasteiger partial charge < -0.3 is 28.7 Å². The molecule has 18 nitrogen and oxygen atoms in total. The maximum Gasteiger partial charge on any atom is 0.258 e. The number of hydrogen-bond donors (Lipinski definition) is 1. The van der Waals surface area contributed by atoms with E-state index in [9.17, 15) is 14.7 Å². The van der Waals surface area contributed by atoms with E-state index in [1.54, 1.807) is 51.8 Å². The minimum absolute atomic E-state index is 0.00490. The lowest BCUT2D eigenvalue weighted by Gasteiger charge is -2.37. The van der Waals surface area contributed by atoms with Gasteiger partial charge in [0.1, 0.15) is 11.2 Å². The van der Waals surface area contributed by atoms with Crippen molar-refractivity contribution in [1.29, 1.82) is 0 Å². The first-order valence-corrected chi connectivity index (χ1v) is 19.7. The molecule has 4 aromatic heterocycles. The Labute approximate surface area is 341 Å². The van der Waals surface area contributed by atoms with E-state index in [1.165, 1.54) is 9.59 Å². The largest absolute Gasteiger partial charge is 0.381 e. The normalized spacial score (nSPS) is 19.9.